The van der Waals surface area contributed by atoms with Crippen LogP contribution in [0.15, 0.2) is 35.1 Å². The Kier molecular flexibility index (Phi) is 1.05. The number of phenols is 1. The Morgan fingerprint density at radius 2 is 2.23 bits per heavy atom. The summed E-state index contributed by atoms with van der Waals surface area (Å²) in [6.07, 6.45) is 3.40. The molecule has 3 rings (SSSR count). The summed E-state index contributed by atoms with van der Waals surface area (Å²) in [6.45, 7) is 0. The first kappa shape index (κ1) is 6.60. The van der Waals surface area contributed by atoms with Gasteiger partial charge in [-0.25, -0.2) is 0 Å². The smallest absolute Gasteiger partial charge is 0.161 e. The van der Waals surface area contributed by atoms with Gasteiger partial charge in [0.25, 0.3) is 0 Å². The molecule has 0 saturated carbocycles. The molecule has 2 N–H and O–H groups in total. The van der Waals surface area contributed by atoms with Gasteiger partial charge in [-0.15, -0.1) is 0 Å². The number of hydrogen-bond donors (Lipinski definition) is 2. The van der Waals surface area contributed by atoms with E-state index in [0.29, 0.717) is 5.58 Å². The van der Waals surface area contributed by atoms with Crippen molar-refractivity contribution in [3.05, 3.63) is 30.7 Å². The Morgan fingerprint density at radius 3 is 3.15 bits per heavy atom. The first-order chi connectivity index (χ1) is 6.36. The maximum Gasteiger partial charge on any atom is 0.161 e. The van der Waals surface area contributed by atoms with Crippen molar-refractivity contribution in [1.29, 1.82) is 0 Å². The summed E-state index contributed by atoms with van der Waals surface area (Å²) in [4.78, 5) is 3.07. The Hall–Kier alpha value is -1.90. The summed E-state index contributed by atoms with van der Waals surface area (Å²) in [7, 11) is 0. The molecule has 0 radical (unpaired) electrons. The minimum atomic E-state index is 0.260. The molecule has 0 unspecified atom stereocenters. The highest BCUT2D eigenvalue weighted by Crippen LogP contribution is 2.32. The third-order valence-corrected chi connectivity index (χ3v) is 2.24. The van der Waals surface area contributed by atoms with Crippen LogP contribution in [0.1, 0.15) is 0 Å². The van der Waals surface area contributed by atoms with Crippen LogP contribution in [0.3, 0.4) is 0 Å². The minimum absolute atomic E-state index is 0.260. The number of aromatic amines is 1. The zero-order valence-electron chi connectivity index (χ0n) is 6.74. The van der Waals surface area contributed by atoms with E-state index in [1.165, 1.54) is 0 Å². The predicted octanol–water partition coefficient (Wildman–Crippen LogP) is 2.62. The first-order valence-corrected chi connectivity index (χ1v) is 4.02. The van der Waals surface area contributed by atoms with Gasteiger partial charge in [0.1, 0.15) is 5.75 Å². The average molecular weight is 173 g/mol. The fourth-order valence-electron chi connectivity index (χ4n) is 1.63. The van der Waals surface area contributed by atoms with Crippen LogP contribution in [0.4, 0.5) is 0 Å². The topological polar surface area (TPSA) is 49.2 Å². The van der Waals surface area contributed by atoms with Gasteiger partial charge in [0.05, 0.1) is 17.2 Å². The molecule has 0 atom stereocenters. The molecular formula is C10H7NO2. The minimum Gasteiger partial charge on any atom is -0.507 e. The lowest BCUT2D eigenvalue weighted by molar-refractivity contribution is 0.482. The van der Waals surface area contributed by atoms with E-state index in [1.54, 1.807) is 18.4 Å². The van der Waals surface area contributed by atoms with Crippen LogP contribution in [-0.2, 0) is 0 Å². The van der Waals surface area contributed by atoms with Crippen molar-refractivity contribution in [1.82, 2.24) is 4.98 Å². The standard InChI is InChI=1S/C10H7NO2/c12-8-5-6-1-3-11-9(6)10-7(8)2-4-13-10/h1-5,11-12H. The van der Waals surface area contributed by atoms with Gasteiger partial charge in [-0.2, -0.15) is 0 Å². The lowest BCUT2D eigenvalue weighted by Gasteiger charge is -1.95. The third kappa shape index (κ3) is 0.731. The number of nitrogens with one attached hydrogen (secondary N) is 1. The second-order valence-electron chi connectivity index (χ2n) is 3.00. The number of benzene rings is 1. The van der Waals surface area contributed by atoms with Gasteiger partial charge in [-0.3, -0.25) is 0 Å². The third-order valence-electron chi connectivity index (χ3n) is 2.24. The molecule has 0 bridgehead atoms. The van der Waals surface area contributed by atoms with Crippen LogP contribution in [0.5, 0.6) is 5.75 Å². The molecule has 0 amide bonds. The molecule has 13 heavy (non-hydrogen) atoms. The molecule has 0 aliphatic carbocycles. The van der Waals surface area contributed by atoms with E-state index in [9.17, 15) is 5.11 Å². The fraction of sp³-hybridized carbons (Fsp3) is 0. The number of fused-ring (bicyclic) bond motifs is 3. The Labute approximate surface area is 73.6 Å². The second kappa shape index (κ2) is 2.07. The molecule has 0 fully saturated rings. The molecule has 0 aliphatic rings. The van der Waals surface area contributed by atoms with Gasteiger partial charge < -0.3 is 14.5 Å². The molecule has 3 heteroatoms. The highest BCUT2D eigenvalue weighted by atomic mass is 16.3. The Balaban J connectivity index is 2.70. The largest absolute Gasteiger partial charge is 0.507 e. The van der Waals surface area contributed by atoms with Gasteiger partial charge in [-0.05, 0) is 18.2 Å². The van der Waals surface area contributed by atoms with Crippen LogP contribution < -0.4 is 0 Å². The molecule has 2 aromatic heterocycles. The van der Waals surface area contributed by atoms with Gasteiger partial charge in [-0.1, -0.05) is 0 Å². The normalized spacial score (nSPS) is 11.4. The maximum absolute atomic E-state index is 9.60. The number of furan rings is 1. The van der Waals surface area contributed by atoms with Crippen molar-refractivity contribution in [3.63, 3.8) is 0 Å². The van der Waals surface area contributed by atoms with Crippen molar-refractivity contribution < 1.29 is 9.52 Å². The van der Waals surface area contributed by atoms with Crippen molar-refractivity contribution in [2.45, 2.75) is 0 Å². The average Bonchev–Trinajstić information content (AvgIpc) is 2.66. The highest BCUT2D eigenvalue weighted by Gasteiger charge is 2.08. The van der Waals surface area contributed by atoms with E-state index < -0.39 is 0 Å². The summed E-state index contributed by atoms with van der Waals surface area (Å²) in [5.74, 6) is 0.260. The van der Waals surface area contributed by atoms with Gasteiger partial charge in [0.15, 0.2) is 5.58 Å². The molecular weight excluding hydrogens is 166 g/mol. The summed E-state index contributed by atoms with van der Waals surface area (Å²) in [5.41, 5.74) is 1.64. The maximum atomic E-state index is 9.60. The Bertz CT molecular complexity index is 577. The van der Waals surface area contributed by atoms with Crippen molar-refractivity contribution >= 4 is 21.9 Å². The number of aromatic nitrogens is 1. The van der Waals surface area contributed by atoms with Crippen molar-refractivity contribution in [3.8, 4) is 5.75 Å². The molecule has 0 aliphatic heterocycles. The van der Waals surface area contributed by atoms with Crippen LogP contribution >= 0.6 is 0 Å². The van der Waals surface area contributed by atoms with Crippen LogP contribution in [0.25, 0.3) is 21.9 Å². The van der Waals surface area contributed by atoms with Crippen LogP contribution in [0, 0.1) is 0 Å². The van der Waals surface area contributed by atoms with Crippen LogP contribution in [0.2, 0.25) is 0 Å². The van der Waals surface area contributed by atoms with Gasteiger partial charge >= 0.3 is 0 Å². The van der Waals surface area contributed by atoms with Gasteiger partial charge in [0.2, 0.25) is 0 Å². The summed E-state index contributed by atoms with van der Waals surface area (Å²) in [6, 6.07) is 5.38. The quantitative estimate of drug-likeness (QED) is 0.549. The monoisotopic (exact) mass is 173 g/mol. The molecule has 0 spiro atoms. The van der Waals surface area contributed by atoms with E-state index >= 15 is 0 Å². The first-order valence-electron chi connectivity index (χ1n) is 4.02. The lowest BCUT2D eigenvalue weighted by Crippen LogP contribution is -1.71. The zero-order valence-corrected chi connectivity index (χ0v) is 6.74. The van der Waals surface area contributed by atoms with E-state index in [0.717, 1.165) is 16.3 Å². The molecule has 1 aromatic carbocycles. The number of rotatable bonds is 0. The Morgan fingerprint density at radius 1 is 1.31 bits per heavy atom. The fourth-order valence-corrected chi connectivity index (χ4v) is 1.63. The molecule has 3 aromatic rings. The SMILES string of the molecule is Oc1cc2cc[nH]c2c2occc12. The molecule has 0 saturated heterocycles. The van der Waals surface area contributed by atoms with E-state index in [2.05, 4.69) is 4.98 Å². The summed E-state index contributed by atoms with van der Waals surface area (Å²) < 4.78 is 5.28. The molecule has 2 heterocycles. The zero-order chi connectivity index (χ0) is 8.84. The predicted molar refractivity (Wildman–Crippen MR) is 49.7 cm³/mol. The number of aromatic hydroxyl groups is 1. The van der Waals surface area contributed by atoms with E-state index in [-0.39, 0.29) is 5.75 Å². The highest BCUT2D eigenvalue weighted by molar-refractivity contribution is 6.05. The summed E-state index contributed by atoms with van der Waals surface area (Å²) in [5, 5.41) is 11.3. The number of phenolic OH excluding ortho intramolecular Hbond substituents is 1. The van der Waals surface area contributed by atoms with E-state index in [4.69, 9.17) is 4.42 Å². The number of hydrogen-bond acceptors (Lipinski definition) is 2. The second-order valence-corrected chi connectivity index (χ2v) is 3.00. The van der Waals surface area contributed by atoms with E-state index in [1.807, 2.05) is 12.3 Å². The molecule has 3 nitrogen and oxygen atoms in total. The van der Waals surface area contributed by atoms with Crippen molar-refractivity contribution in [2.75, 3.05) is 0 Å². The summed E-state index contributed by atoms with van der Waals surface area (Å²) >= 11 is 0. The lowest BCUT2D eigenvalue weighted by atomic mass is 10.2. The van der Waals surface area contributed by atoms with Gasteiger partial charge in [0, 0.05) is 11.6 Å². The van der Waals surface area contributed by atoms with Crippen molar-refractivity contribution in [2.24, 2.45) is 0 Å². The van der Waals surface area contributed by atoms with Crippen LogP contribution in [-0.4, -0.2) is 10.1 Å². The molecule has 64 valence electrons. The number of H-pyrrole nitrogens is 1.